The van der Waals surface area contributed by atoms with Crippen molar-refractivity contribution in [1.29, 1.82) is 0 Å². The van der Waals surface area contributed by atoms with E-state index in [9.17, 15) is 22.8 Å². The number of hydrogen-bond acceptors (Lipinski definition) is 8. The molecule has 2 heterocycles. The number of aliphatic hydroxyl groups is 1. The second kappa shape index (κ2) is 11.6. The van der Waals surface area contributed by atoms with Crippen LogP contribution in [0.3, 0.4) is 0 Å². The van der Waals surface area contributed by atoms with Gasteiger partial charge in [0.1, 0.15) is 17.2 Å². The van der Waals surface area contributed by atoms with Crippen LogP contribution in [0.25, 0.3) is 11.2 Å². The summed E-state index contributed by atoms with van der Waals surface area (Å²) in [7, 11) is 2.93. The van der Waals surface area contributed by atoms with E-state index < -0.39 is 23.4 Å². The third kappa shape index (κ3) is 6.41. The highest BCUT2D eigenvalue weighted by molar-refractivity contribution is 5.72. The predicted molar refractivity (Wildman–Crippen MR) is 132 cm³/mol. The van der Waals surface area contributed by atoms with Crippen LogP contribution < -0.4 is 25.5 Å². The molecule has 2 aromatic carbocycles. The lowest BCUT2D eigenvalue weighted by Gasteiger charge is -2.13. The van der Waals surface area contributed by atoms with E-state index in [0.717, 1.165) is 16.7 Å². The maximum absolute atomic E-state index is 13.5. The molecule has 39 heavy (non-hydrogen) atoms. The molecule has 1 N–H and O–H groups in total. The molecule has 0 aliphatic heterocycles. The Kier molecular flexibility index (Phi) is 8.26. The van der Waals surface area contributed by atoms with Crippen molar-refractivity contribution in [2.24, 2.45) is 7.05 Å². The number of hydrogen-bond donors (Lipinski definition) is 1. The number of imidazole rings is 1. The van der Waals surface area contributed by atoms with Gasteiger partial charge >= 0.3 is 18.1 Å². The van der Waals surface area contributed by atoms with Crippen molar-refractivity contribution >= 4 is 11.2 Å². The first kappa shape index (κ1) is 27.7. The third-order valence-corrected chi connectivity index (χ3v) is 5.62. The second-order valence-corrected chi connectivity index (χ2v) is 8.26. The highest BCUT2D eigenvalue weighted by Gasteiger charge is 2.31. The van der Waals surface area contributed by atoms with E-state index in [1.807, 2.05) is 0 Å². The van der Waals surface area contributed by atoms with E-state index >= 15 is 0 Å². The van der Waals surface area contributed by atoms with Crippen LogP contribution in [0.15, 0.2) is 58.1 Å². The number of rotatable bonds is 11. The average molecular weight is 550 g/mol. The third-order valence-electron chi connectivity index (χ3n) is 5.62. The molecule has 0 saturated heterocycles. The van der Waals surface area contributed by atoms with Gasteiger partial charge in [-0.05, 0) is 29.8 Å². The maximum atomic E-state index is 13.5. The second-order valence-electron chi connectivity index (χ2n) is 8.26. The summed E-state index contributed by atoms with van der Waals surface area (Å²) in [5, 5.41) is 8.91. The molecule has 2 aromatic heterocycles. The summed E-state index contributed by atoms with van der Waals surface area (Å²) < 4.78 is 62.0. The lowest BCUT2D eigenvalue weighted by Crippen LogP contribution is -2.40. The van der Waals surface area contributed by atoms with Gasteiger partial charge in [-0.3, -0.25) is 18.5 Å². The van der Waals surface area contributed by atoms with Crippen LogP contribution in [0.1, 0.15) is 5.56 Å². The van der Waals surface area contributed by atoms with Crippen LogP contribution >= 0.6 is 0 Å². The minimum atomic E-state index is -4.90. The Morgan fingerprint density at radius 2 is 1.69 bits per heavy atom. The Morgan fingerprint density at radius 1 is 0.974 bits per heavy atom. The van der Waals surface area contributed by atoms with Crippen LogP contribution in [-0.2, 0) is 24.9 Å². The first-order chi connectivity index (χ1) is 18.6. The highest BCUT2D eigenvalue weighted by atomic mass is 19.4. The topological polar surface area (TPSA) is 119 Å². The fraction of sp³-hybridized carbons (Fsp3) is 0.320. The van der Waals surface area contributed by atoms with Gasteiger partial charge in [0.2, 0.25) is 0 Å². The molecule has 11 nitrogen and oxygen atoms in total. The summed E-state index contributed by atoms with van der Waals surface area (Å²) >= 11 is 0. The summed E-state index contributed by atoms with van der Waals surface area (Å²) in [6, 6.07) is 11.7. The minimum Gasteiger partial charge on any atom is -0.497 e. The predicted octanol–water partition coefficient (Wildman–Crippen LogP) is 2.65. The summed E-state index contributed by atoms with van der Waals surface area (Å²) in [6.45, 7) is -0.203. The number of ether oxygens (including phenoxy) is 4. The Balaban J connectivity index is 1.84. The number of fused-ring (bicyclic) bond motifs is 1. The van der Waals surface area contributed by atoms with E-state index in [1.165, 1.54) is 35.4 Å². The Hall–Kier alpha value is -4.30. The van der Waals surface area contributed by atoms with Crippen molar-refractivity contribution in [3.8, 4) is 23.3 Å². The molecular formula is C25H25F3N4O7. The van der Waals surface area contributed by atoms with Gasteiger partial charge in [0.25, 0.3) is 5.56 Å². The van der Waals surface area contributed by atoms with Crippen LogP contribution in [0.5, 0.6) is 23.3 Å². The zero-order chi connectivity index (χ0) is 28.2. The number of aromatic nitrogens is 4. The molecule has 0 bridgehead atoms. The number of aryl methyl sites for hydroxylation is 1. The molecule has 14 heteroatoms. The fourth-order valence-electron chi connectivity index (χ4n) is 3.89. The highest BCUT2D eigenvalue weighted by Crippen LogP contribution is 2.30. The number of aliphatic hydroxyl groups excluding tert-OH is 1. The van der Waals surface area contributed by atoms with Gasteiger partial charge in [0.15, 0.2) is 11.2 Å². The molecule has 0 fully saturated rings. The molecule has 0 aliphatic rings. The smallest absolute Gasteiger partial charge is 0.497 e. The molecule has 208 valence electrons. The van der Waals surface area contributed by atoms with Crippen molar-refractivity contribution in [3.05, 3.63) is 74.9 Å². The lowest BCUT2D eigenvalue weighted by molar-refractivity contribution is -0.274. The van der Waals surface area contributed by atoms with E-state index in [2.05, 4.69) is 9.72 Å². The number of alkyl halides is 3. The first-order valence-electron chi connectivity index (χ1n) is 11.7. The molecule has 4 aromatic rings. The molecular weight excluding hydrogens is 525 g/mol. The Bertz CT molecular complexity index is 1580. The number of halogens is 3. The number of methoxy groups -OCH3 is 1. The minimum absolute atomic E-state index is 0.000585. The van der Waals surface area contributed by atoms with Gasteiger partial charge in [-0.25, -0.2) is 4.79 Å². The molecule has 0 saturated carbocycles. The van der Waals surface area contributed by atoms with Crippen LogP contribution in [-0.4, -0.2) is 57.1 Å². The average Bonchev–Trinajstić information content (AvgIpc) is 3.24. The molecule has 0 unspecified atom stereocenters. The fourth-order valence-corrected chi connectivity index (χ4v) is 3.89. The molecule has 0 spiro atoms. The Labute approximate surface area is 219 Å². The monoisotopic (exact) mass is 550 g/mol. The van der Waals surface area contributed by atoms with Crippen LogP contribution in [0.4, 0.5) is 13.2 Å². The molecule has 0 aliphatic carbocycles. The van der Waals surface area contributed by atoms with Crippen molar-refractivity contribution in [2.75, 3.05) is 26.9 Å². The van der Waals surface area contributed by atoms with E-state index in [0.29, 0.717) is 11.3 Å². The van der Waals surface area contributed by atoms with Gasteiger partial charge in [-0.2, -0.15) is 4.98 Å². The summed E-state index contributed by atoms with van der Waals surface area (Å²) in [5.74, 6) is 0.0111. The molecule has 0 atom stereocenters. The number of benzene rings is 2. The van der Waals surface area contributed by atoms with E-state index in [4.69, 9.17) is 19.3 Å². The van der Waals surface area contributed by atoms with Crippen LogP contribution in [0, 0.1) is 0 Å². The quantitative estimate of drug-likeness (QED) is 0.283. The number of nitrogens with zero attached hydrogens (tertiary/aromatic N) is 4. The van der Waals surface area contributed by atoms with Crippen molar-refractivity contribution in [3.63, 3.8) is 0 Å². The zero-order valence-corrected chi connectivity index (χ0v) is 21.0. The largest absolute Gasteiger partial charge is 0.573 e. The van der Waals surface area contributed by atoms with Crippen molar-refractivity contribution in [2.45, 2.75) is 19.5 Å². The van der Waals surface area contributed by atoms with Crippen molar-refractivity contribution in [1.82, 2.24) is 18.7 Å². The van der Waals surface area contributed by atoms with Gasteiger partial charge < -0.3 is 24.1 Å². The van der Waals surface area contributed by atoms with Gasteiger partial charge in [-0.1, -0.05) is 18.2 Å². The van der Waals surface area contributed by atoms with Gasteiger partial charge in [0.05, 0.1) is 40.0 Å². The van der Waals surface area contributed by atoms with Crippen LogP contribution in [0.2, 0.25) is 0 Å². The first-order valence-corrected chi connectivity index (χ1v) is 11.7. The summed E-state index contributed by atoms with van der Waals surface area (Å²) in [4.78, 5) is 30.8. The summed E-state index contributed by atoms with van der Waals surface area (Å²) in [5.41, 5.74) is -0.588. The molecule has 4 rings (SSSR count). The lowest BCUT2D eigenvalue weighted by atomic mass is 10.2. The SMILES string of the molecule is COc1cccc(Cn2c(Oc3cccc(OC(F)(F)F)c3)nc3c2c(=O)n(CCOCCO)c(=O)n3C)c1. The Morgan fingerprint density at radius 3 is 2.41 bits per heavy atom. The van der Waals surface area contributed by atoms with E-state index in [-0.39, 0.29) is 55.8 Å². The normalized spacial score (nSPS) is 11.6. The zero-order valence-electron chi connectivity index (χ0n) is 21.0. The summed E-state index contributed by atoms with van der Waals surface area (Å²) in [6.07, 6.45) is -4.90. The van der Waals surface area contributed by atoms with Gasteiger partial charge in [-0.15, -0.1) is 13.2 Å². The van der Waals surface area contributed by atoms with Gasteiger partial charge in [0, 0.05) is 13.1 Å². The standard InChI is InChI=1S/C25H25F3N4O7/c1-30-21-20(22(34)31(24(30)35)9-11-37-12-10-33)32(15-16-5-3-6-17(13-16)36-2)23(29-21)38-18-7-4-8-19(14-18)39-25(26,27)28/h3-8,13-14,33H,9-12,15H2,1-2H3. The molecule has 0 radical (unpaired) electrons. The van der Waals surface area contributed by atoms with Crippen molar-refractivity contribution < 1.29 is 37.2 Å². The van der Waals surface area contributed by atoms with E-state index in [1.54, 1.807) is 24.3 Å². The molecule has 0 amide bonds. The maximum Gasteiger partial charge on any atom is 0.573 e.